The van der Waals surface area contributed by atoms with Crippen molar-refractivity contribution < 1.29 is 14.3 Å². The summed E-state index contributed by atoms with van der Waals surface area (Å²) in [5.41, 5.74) is 5.58. The maximum absolute atomic E-state index is 12.3. The molecule has 0 aliphatic heterocycles. The molecule has 3 N–H and O–H groups in total. The summed E-state index contributed by atoms with van der Waals surface area (Å²) in [5, 5.41) is 2.92. The first kappa shape index (κ1) is 19.4. The molecular weight excluding hydrogens is 374 g/mol. The third kappa shape index (κ3) is 5.58. The molecule has 8 heteroatoms. The van der Waals surface area contributed by atoms with Gasteiger partial charge in [0.05, 0.1) is 5.56 Å². The lowest BCUT2D eigenvalue weighted by Gasteiger charge is -2.13. The van der Waals surface area contributed by atoms with Crippen LogP contribution in [0.2, 0.25) is 5.02 Å². The van der Waals surface area contributed by atoms with Crippen LogP contribution >= 0.6 is 23.8 Å². The van der Waals surface area contributed by atoms with Crippen molar-refractivity contribution in [3.8, 4) is 5.75 Å². The van der Waals surface area contributed by atoms with E-state index in [0.717, 1.165) is 0 Å². The van der Waals surface area contributed by atoms with E-state index in [9.17, 15) is 9.59 Å². The largest absolute Gasteiger partial charge is 0.489 e. The molecule has 0 atom stereocenters. The SMILES string of the molecule is C=CCOc1ccccc1C(=O)NNC(=S)NC(=O)c1ccc(Cl)cc1. The molecular formula is C18H16ClN3O3S. The minimum absolute atomic E-state index is 0.0530. The first-order valence-electron chi connectivity index (χ1n) is 7.51. The van der Waals surface area contributed by atoms with Crippen molar-refractivity contribution in [2.24, 2.45) is 0 Å². The van der Waals surface area contributed by atoms with Gasteiger partial charge >= 0.3 is 0 Å². The molecule has 2 aromatic rings. The first-order valence-corrected chi connectivity index (χ1v) is 8.30. The molecule has 0 bridgehead atoms. The van der Waals surface area contributed by atoms with Gasteiger partial charge in [-0.25, -0.2) is 0 Å². The minimum atomic E-state index is -0.465. The van der Waals surface area contributed by atoms with Crippen LogP contribution in [0.25, 0.3) is 0 Å². The number of para-hydroxylation sites is 1. The lowest BCUT2D eigenvalue weighted by atomic mass is 10.2. The van der Waals surface area contributed by atoms with E-state index >= 15 is 0 Å². The topological polar surface area (TPSA) is 79.5 Å². The molecule has 0 heterocycles. The summed E-state index contributed by atoms with van der Waals surface area (Å²) < 4.78 is 5.43. The van der Waals surface area contributed by atoms with Crippen molar-refractivity contribution in [1.82, 2.24) is 16.2 Å². The number of hydrogen-bond acceptors (Lipinski definition) is 4. The molecule has 6 nitrogen and oxygen atoms in total. The normalized spacial score (nSPS) is 9.73. The summed E-state index contributed by atoms with van der Waals surface area (Å²) in [4.78, 5) is 24.3. The number of rotatable bonds is 5. The van der Waals surface area contributed by atoms with Crippen LogP contribution in [0.3, 0.4) is 0 Å². The zero-order chi connectivity index (χ0) is 18.9. The fraction of sp³-hybridized carbons (Fsp3) is 0.0556. The van der Waals surface area contributed by atoms with Gasteiger partial charge in [-0.3, -0.25) is 25.8 Å². The number of carbonyl (C=O) groups excluding carboxylic acids is 2. The van der Waals surface area contributed by atoms with Gasteiger partial charge in [0.1, 0.15) is 12.4 Å². The fourth-order valence-corrected chi connectivity index (χ4v) is 2.19. The van der Waals surface area contributed by atoms with Crippen LogP contribution in [-0.4, -0.2) is 23.5 Å². The Morgan fingerprint density at radius 1 is 1.08 bits per heavy atom. The smallest absolute Gasteiger partial charge is 0.273 e. The average Bonchev–Trinajstić information content (AvgIpc) is 2.65. The quantitative estimate of drug-likeness (QED) is 0.416. The zero-order valence-corrected chi connectivity index (χ0v) is 15.2. The van der Waals surface area contributed by atoms with Gasteiger partial charge in [0.25, 0.3) is 11.8 Å². The standard InChI is InChI=1S/C18H16ClN3O3S/c1-2-11-25-15-6-4-3-5-14(15)17(24)21-22-18(26)20-16(23)12-7-9-13(19)10-8-12/h2-10H,1,11H2,(H,21,24)(H2,20,22,23,26). The van der Waals surface area contributed by atoms with Gasteiger partial charge in [0.15, 0.2) is 5.11 Å². The van der Waals surface area contributed by atoms with Crippen molar-refractivity contribution in [2.45, 2.75) is 0 Å². The maximum Gasteiger partial charge on any atom is 0.273 e. The van der Waals surface area contributed by atoms with E-state index in [1.807, 2.05) is 0 Å². The second-order valence-electron chi connectivity index (χ2n) is 4.97. The maximum atomic E-state index is 12.3. The Balaban J connectivity index is 1.91. The summed E-state index contributed by atoms with van der Waals surface area (Å²) in [7, 11) is 0. The number of thiocarbonyl (C=S) groups is 1. The van der Waals surface area contributed by atoms with Crippen molar-refractivity contribution in [3.05, 3.63) is 77.3 Å². The molecule has 0 fully saturated rings. The molecule has 0 radical (unpaired) electrons. The summed E-state index contributed by atoms with van der Waals surface area (Å²) in [6.07, 6.45) is 1.58. The third-order valence-corrected chi connectivity index (χ3v) is 3.57. The zero-order valence-electron chi connectivity index (χ0n) is 13.6. The van der Waals surface area contributed by atoms with Crippen LogP contribution in [0, 0.1) is 0 Å². The highest BCUT2D eigenvalue weighted by molar-refractivity contribution is 7.80. The van der Waals surface area contributed by atoms with E-state index in [1.165, 1.54) is 0 Å². The van der Waals surface area contributed by atoms with E-state index in [0.29, 0.717) is 21.9 Å². The molecule has 0 aliphatic carbocycles. The Morgan fingerprint density at radius 3 is 2.46 bits per heavy atom. The third-order valence-electron chi connectivity index (χ3n) is 3.11. The van der Waals surface area contributed by atoms with Crippen LogP contribution in [0.5, 0.6) is 5.75 Å². The Kier molecular flexibility index (Phi) is 7.13. The number of ether oxygens (including phenoxy) is 1. The summed E-state index contributed by atoms with van der Waals surface area (Å²) >= 11 is 10.8. The van der Waals surface area contributed by atoms with Crippen LogP contribution in [0.15, 0.2) is 61.2 Å². The molecule has 2 amide bonds. The molecule has 2 aromatic carbocycles. The van der Waals surface area contributed by atoms with Crippen molar-refractivity contribution in [2.75, 3.05) is 6.61 Å². The van der Waals surface area contributed by atoms with E-state index in [2.05, 4.69) is 22.7 Å². The number of nitrogens with one attached hydrogen (secondary N) is 3. The van der Waals surface area contributed by atoms with Crippen molar-refractivity contribution in [3.63, 3.8) is 0 Å². The highest BCUT2D eigenvalue weighted by Crippen LogP contribution is 2.17. The number of carbonyl (C=O) groups is 2. The van der Waals surface area contributed by atoms with Gasteiger partial charge in [0, 0.05) is 10.6 Å². The molecule has 0 aliphatic rings. The Hall–Kier alpha value is -2.90. The van der Waals surface area contributed by atoms with Gasteiger partial charge in [-0.2, -0.15) is 0 Å². The number of hydrazine groups is 1. The van der Waals surface area contributed by atoms with Gasteiger partial charge in [0.2, 0.25) is 0 Å². The number of halogens is 1. The van der Waals surface area contributed by atoms with E-state index in [-0.39, 0.29) is 11.7 Å². The van der Waals surface area contributed by atoms with Crippen LogP contribution in [0.1, 0.15) is 20.7 Å². The van der Waals surface area contributed by atoms with Crippen LogP contribution in [-0.2, 0) is 0 Å². The Morgan fingerprint density at radius 2 is 1.77 bits per heavy atom. The monoisotopic (exact) mass is 389 g/mol. The Bertz CT molecular complexity index is 825. The van der Waals surface area contributed by atoms with Gasteiger partial charge < -0.3 is 4.74 Å². The van der Waals surface area contributed by atoms with Gasteiger partial charge in [-0.1, -0.05) is 36.4 Å². The molecule has 2 rings (SSSR count). The molecule has 0 spiro atoms. The van der Waals surface area contributed by atoms with E-state index in [4.69, 9.17) is 28.6 Å². The van der Waals surface area contributed by atoms with Crippen LogP contribution in [0.4, 0.5) is 0 Å². The molecule has 26 heavy (non-hydrogen) atoms. The lowest BCUT2D eigenvalue weighted by Crippen LogP contribution is -2.48. The summed E-state index contributed by atoms with van der Waals surface area (Å²) in [6.45, 7) is 3.84. The molecule has 0 aromatic heterocycles. The van der Waals surface area contributed by atoms with Gasteiger partial charge in [-0.15, -0.1) is 0 Å². The lowest BCUT2D eigenvalue weighted by molar-refractivity contribution is 0.0931. The molecule has 0 unspecified atom stereocenters. The highest BCUT2D eigenvalue weighted by atomic mass is 35.5. The second kappa shape index (κ2) is 9.55. The Labute approximate surface area is 161 Å². The van der Waals surface area contributed by atoms with E-state index < -0.39 is 11.8 Å². The molecule has 134 valence electrons. The number of amides is 2. The highest BCUT2D eigenvalue weighted by Gasteiger charge is 2.13. The second-order valence-corrected chi connectivity index (χ2v) is 5.81. The predicted octanol–water partition coefficient (Wildman–Crippen LogP) is 2.85. The minimum Gasteiger partial charge on any atom is -0.489 e. The number of benzene rings is 2. The predicted molar refractivity (Wildman–Crippen MR) is 104 cm³/mol. The van der Waals surface area contributed by atoms with Crippen molar-refractivity contribution >= 4 is 40.7 Å². The molecule has 0 saturated heterocycles. The summed E-state index contributed by atoms with van der Waals surface area (Å²) in [5.74, 6) is -0.487. The average molecular weight is 390 g/mol. The fourth-order valence-electron chi connectivity index (χ4n) is 1.92. The first-order chi connectivity index (χ1) is 12.5. The molecule has 0 saturated carbocycles. The number of hydrogen-bond donors (Lipinski definition) is 3. The van der Waals surface area contributed by atoms with Crippen molar-refractivity contribution in [1.29, 1.82) is 0 Å². The van der Waals surface area contributed by atoms with E-state index in [1.54, 1.807) is 54.6 Å². The summed E-state index contributed by atoms with van der Waals surface area (Å²) in [6, 6.07) is 13.0. The van der Waals surface area contributed by atoms with Crippen LogP contribution < -0.4 is 20.9 Å². The van der Waals surface area contributed by atoms with Gasteiger partial charge in [-0.05, 0) is 48.6 Å².